The molecule has 2 aliphatic heterocycles. The first-order valence-electron chi connectivity index (χ1n) is 19.0. The highest BCUT2D eigenvalue weighted by atomic mass is 35.5. The van der Waals surface area contributed by atoms with Gasteiger partial charge in [-0.15, -0.1) is 0 Å². The van der Waals surface area contributed by atoms with Crippen molar-refractivity contribution in [2.45, 2.75) is 37.9 Å². The highest BCUT2D eigenvalue weighted by Gasteiger charge is 2.37. The van der Waals surface area contributed by atoms with Crippen LogP contribution in [-0.2, 0) is 32.0 Å². The number of hydrogen-bond acceptors (Lipinski definition) is 7. The number of nitrogens with zero attached hydrogens (tertiary/aromatic N) is 4. The van der Waals surface area contributed by atoms with Crippen LogP contribution in [0.3, 0.4) is 0 Å². The number of rotatable bonds is 12. The van der Waals surface area contributed by atoms with E-state index in [1.165, 1.54) is 12.1 Å². The molecule has 7 rings (SSSR count). The summed E-state index contributed by atoms with van der Waals surface area (Å²) in [5.41, 5.74) is 6.62. The van der Waals surface area contributed by atoms with Crippen molar-refractivity contribution < 1.29 is 28.2 Å². The predicted molar refractivity (Wildman–Crippen MR) is 216 cm³/mol. The zero-order valence-electron chi connectivity index (χ0n) is 31.6. The van der Waals surface area contributed by atoms with Gasteiger partial charge >= 0.3 is 6.09 Å². The van der Waals surface area contributed by atoms with Crippen molar-refractivity contribution in [2.75, 3.05) is 71.0 Å². The Morgan fingerprint density at radius 1 is 0.911 bits per heavy atom. The topological polar surface area (TPSA) is 94.7 Å². The molecule has 3 aliphatic rings. The largest absolute Gasteiger partial charge is 0.448 e. The summed E-state index contributed by atoms with van der Waals surface area (Å²) in [5, 5.41) is 4.02. The number of anilines is 1. The molecular formula is C43H46Cl2FN5O5. The minimum Gasteiger partial charge on any atom is -0.448 e. The molecule has 2 heterocycles. The SMILES string of the molecule is COCC(C)N(Cc1cc(F)ccc1N1CCN(C(=O)C(Cc2ccc(Cl)cc2Cl)N2CCNCC2=O)CC1)C(=O)OCC1c2ccccc2-c2ccccc21. The molecule has 2 saturated heterocycles. The van der Waals surface area contributed by atoms with Gasteiger partial charge in [0.15, 0.2) is 0 Å². The van der Waals surface area contributed by atoms with Crippen LogP contribution >= 0.6 is 23.2 Å². The van der Waals surface area contributed by atoms with Crippen molar-refractivity contribution in [3.63, 3.8) is 0 Å². The number of carbonyl (C=O) groups is 3. The molecule has 13 heteroatoms. The zero-order valence-corrected chi connectivity index (χ0v) is 33.1. The van der Waals surface area contributed by atoms with Crippen LogP contribution in [0, 0.1) is 5.82 Å². The molecule has 4 aromatic carbocycles. The second-order valence-electron chi connectivity index (χ2n) is 14.5. The van der Waals surface area contributed by atoms with Gasteiger partial charge in [0.2, 0.25) is 11.8 Å². The van der Waals surface area contributed by atoms with Crippen LogP contribution in [0.1, 0.15) is 35.1 Å². The third-order valence-electron chi connectivity index (χ3n) is 11.0. The van der Waals surface area contributed by atoms with Crippen LogP contribution in [-0.4, -0.2) is 111 Å². The molecule has 1 aliphatic carbocycles. The number of fused-ring (bicyclic) bond motifs is 3. The molecule has 4 aromatic rings. The maximum absolute atomic E-state index is 15.0. The first kappa shape index (κ1) is 39.6. The summed E-state index contributed by atoms with van der Waals surface area (Å²) in [6.45, 7) is 5.23. The number of carbonyl (C=O) groups excluding carboxylic acids is 3. The van der Waals surface area contributed by atoms with E-state index < -0.39 is 18.0 Å². The molecule has 2 fully saturated rings. The minimum atomic E-state index is -0.732. The lowest BCUT2D eigenvalue weighted by atomic mass is 9.98. The maximum Gasteiger partial charge on any atom is 0.410 e. The lowest BCUT2D eigenvalue weighted by Crippen LogP contribution is -2.60. The Morgan fingerprint density at radius 3 is 2.27 bits per heavy atom. The normalized spacial score (nSPS) is 16.7. The molecular weight excluding hydrogens is 756 g/mol. The Bertz CT molecular complexity index is 2030. The standard InChI is InChI=1S/C43H46Cl2FN5O5/c1-28(26-55-2)51(43(54)56-27-37-35-9-5-3-7-33(35)34-8-4-6-10-36(34)37)25-30-21-32(46)13-14-39(30)48-17-19-49(20-18-48)42(53)40(50-16-15-47-24-41(50)52)22-29-11-12-31(44)23-38(29)45/h3-14,21,23,28,37,40,47H,15-20,22,24-27H2,1-2H3. The van der Waals surface area contributed by atoms with Crippen LogP contribution in [0.25, 0.3) is 11.1 Å². The van der Waals surface area contributed by atoms with E-state index in [1.807, 2.05) is 31.2 Å². The summed E-state index contributed by atoms with van der Waals surface area (Å²) >= 11 is 12.7. The fraction of sp³-hybridized carbons (Fsp3) is 0.372. The molecule has 0 radical (unpaired) electrons. The van der Waals surface area contributed by atoms with Crippen molar-refractivity contribution in [2.24, 2.45) is 0 Å². The number of halogens is 3. The third kappa shape index (κ3) is 8.51. The lowest BCUT2D eigenvalue weighted by Gasteiger charge is -2.41. The van der Waals surface area contributed by atoms with E-state index in [4.69, 9.17) is 32.7 Å². The minimum absolute atomic E-state index is 0.0858. The second kappa shape index (κ2) is 17.6. The van der Waals surface area contributed by atoms with Crippen LogP contribution in [0.15, 0.2) is 84.9 Å². The number of nitrogens with one attached hydrogen (secondary N) is 1. The Balaban J connectivity index is 1.06. The first-order chi connectivity index (χ1) is 27.1. The van der Waals surface area contributed by atoms with Crippen molar-refractivity contribution in [3.05, 3.63) is 123 Å². The van der Waals surface area contributed by atoms with Crippen LogP contribution in [0.5, 0.6) is 0 Å². The molecule has 56 heavy (non-hydrogen) atoms. The molecule has 1 N–H and O–H groups in total. The molecule has 3 amide bonds. The molecule has 0 aromatic heterocycles. The van der Waals surface area contributed by atoms with E-state index in [2.05, 4.69) is 34.5 Å². The van der Waals surface area contributed by atoms with E-state index >= 15 is 0 Å². The smallest absolute Gasteiger partial charge is 0.410 e. The van der Waals surface area contributed by atoms with Crippen LogP contribution in [0.4, 0.5) is 14.9 Å². The summed E-state index contributed by atoms with van der Waals surface area (Å²) in [5.74, 6) is -0.825. The van der Waals surface area contributed by atoms with Gasteiger partial charge in [-0.05, 0) is 70.6 Å². The number of benzene rings is 4. The lowest BCUT2D eigenvalue weighted by molar-refractivity contribution is -0.146. The van der Waals surface area contributed by atoms with E-state index in [0.717, 1.165) is 33.5 Å². The summed E-state index contributed by atoms with van der Waals surface area (Å²) in [6.07, 6.45) is -0.259. The van der Waals surface area contributed by atoms with Crippen molar-refractivity contribution in [1.29, 1.82) is 0 Å². The van der Waals surface area contributed by atoms with Crippen LogP contribution < -0.4 is 10.2 Å². The van der Waals surface area contributed by atoms with E-state index in [-0.39, 0.29) is 56.5 Å². The molecule has 0 saturated carbocycles. The molecule has 10 nitrogen and oxygen atoms in total. The number of piperazine rings is 2. The summed E-state index contributed by atoms with van der Waals surface area (Å²) < 4.78 is 26.5. The van der Waals surface area contributed by atoms with Crippen molar-refractivity contribution >= 4 is 46.8 Å². The third-order valence-corrected chi connectivity index (χ3v) is 11.6. The molecule has 2 atom stereocenters. The van der Waals surface area contributed by atoms with Gasteiger partial charge in [-0.3, -0.25) is 14.5 Å². The van der Waals surface area contributed by atoms with Crippen molar-refractivity contribution in [1.82, 2.24) is 20.0 Å². The van der Waals surface area contributed by atoms with Gasteiger partial charge in [-0.25, -0.2) is 9.18 Å². The monoisotopic (exact) mass is 801 g/mol. The van der Waals surface area contributed by atoms with Gasteiger partial charge in [0.25, 0.3) is 0 Å². The Labute approximate surface area is 337 Å². The summed E-state index contributed by atoms with van der Waals surface area (Å²) in [7, 11) is 1.58. The van der Waals surface area contributed by atoms with E-state index in [9.17, 15) is 18.8 Å². The summed E-state index contributed by atoms with van der Waals surface area (Å²) in [4.78, 5) is 48.4. The van der Waals surface area contributed by atoms with Gasteiger partial charge < -0.3 is 29.5 Å². The number of hydrogen-bond donors (Lipinski definition) is 1. The quantitative estimate of drug-likeness (QED) is 0.173. The van der Waals surface area contributed by atoms with Gasteiger partial charge in [-0.2, -0.15) is 0 Å². The Hall–Kier alpha value is -4.68. The maximum atomic E-state index is 15.0. The van der Waals surface area contributed by atoms with Gasteiger partial charge in [-0.1, -0.05) is 77.8 Å². The van der Waals surface area contributed by atoms with Gasteiger partial charge in [0.05, 0.1) is 25.7 Å². The molecule has 294 valence electrons. The van der Waals surface area contributed by atoms with Gasteiger partial charge in [0.1, 0.15) is 18.5 Å². The van der Waals surface area contributed by atoms with Gasteiger partial charge in [0, 0.05) is 74.4 Å². The van der Waals surface area contributed by atoms with E-state index in [1.54, 1.807) is 46.1 Å². The molecule has 2 unspecified atom stereocenters. The number of methoxy groups -OCH3 is 1. The average molecular weight is 803 g/mol. The van der Waals surface area contributed by atoms with Crippen LogP contribution in [0.2, 0.25) is 10.0 Å². The fourth-order valence-electron chi connectivity index (χ4n) is 8.14. The average Bonchev–Trinajstić information content (AvgIpc) is 3.52. The Kier molecular flexibility index (Phi) is 12.5. The van der Waals surface area contributed by atoms with E-state index in [0.29, 0.717) is 54.9 Å². The Morgan fingerprint density at radius 2 is 1.61 bits per heavy atom. The number of ether oxygens (including phenoxy) is 2. The fourth-order valence-corrected chi connectivity index (χ4v) is 8.62. The zero-order chi connectivity index (χ0) is 39.3. The van der Waals surface area contributed by atoms with Crippen molar-refractivity contribution in [3.8, 4) is 11.1 Å². The molecule has 0 bridgehead atoms. The highest BCUT2D eigenvalue weighted by molar-refractivity contribution is 6.35. The molecule has 0 spiro atoms. The highest BCUT2D eigenvalue weighted by Crippen LogP contribution is 2.44. The number of amides is 3. The first-order valence-corrected chi connectivity index (χ1v) is 19.7. The second-order valence-corrected chi connectivity index (χ2v) is 15.4. The summed E-state index contributed by atoms with van der Waals surface area (Å²) in [6, 6.07) is 25.0. The predicted octanol–water partition coefficient (Wildman–Crippen LogP) is 6.61.